The summed E-state index contributed by atoms with van der Waals surface area (Å²) in [7, 11) is 1.53. The second-order valence-electron chi connectivity index (χ2n) is 2.48. The lowest BCUT2D eigenvalue weighted by Gasteiger charge is -2.11. The second kappa shape index (κ2) is 4.96. The van der Waals surface area contributed by atoms with Crippen LogP contribution in [0, 0.1) is 0 Å². The number of halogens is 3. The van der Waals surface area contributed by atoms with Crippen molar-refractivity contribution in [3.8, 4) is 5.75 Å². The second-order valence-corrected chi connectivity index (χ2v) is 3.99. The van der Waals surface area contributed by atoms with Crippen LogP contribution in [0.2, 0.25) is 0 Å². The van der Waals surface area contributed by atoms with Crippen molar-refractivity contribution >= 4 is 31.9 Å². The van der Waals surface area contributed by atoms with E-state index in [1.807, 2.05) is 6.07 Å². The molecule has 72 valence electrons. The molecule has 4 heteroatoms. The molecule has 0 N–H and O–H groups in total. The summed E-state index contributed by atoms with van der Waals surface area (Å²) in [6, 6.07) is 5.33. The molecule has 0 bridgehead atoms. The molecule has 0 fully saturated rings. The van der Waals surface area contributed by atoms with Gasteiger partial charge in [-0.1, -0.05) is 28.1 Å². The lowest BCUT2D eigenvalue weighted by molar-refractivity contribution is 0.351. The molecule has 1 unspecified atom stereocenters. The lowest BCUT2D eigenvalue weighted by atomic mass is 10.1. The van der Waals surface area contributed by atoms with E-state index in [9.17, 15) is 4.39 Å². The van der Waals surface area contributed by atoms with E-state index in [1.165, 1.54) is 7.11 Å². The van der Waals surface area contributed by atoms with Gasteiger partial charge in [0.25, 0.3) is 0 Å². The van der Waals surface area contributed by atoms with E-state index in [0.29, 0.717) is 11.3 Å². The molecule has 0 radical (unpaired) electrons. The van der Waals surface area contributed by atoms with Crippen LogP contribution in [-0.4, -0.2) is 12.4 Å². The third-order valence-corrected chi connectivity index (χ3v) is 2.87. The van der Waals surface area contributed by atoms with Gasteiger partial charge in [-0.3, -0.25) is 0 Å². The fourth-order valence-corrected chi connectivity index (χ4v) is 1.96. The zero-order chi connectivity index (χ0) is 9.84. The monoisotopic (exact) mass is 310 g/mol. The molecule has 1 aromatic carbocycles. The minimum atomic E-state index is -1.03. The normalized spacial score (nSPS) is 12.6. The van der Waals surface area contributed by atoms with Gasteiger partial charge in [0.2, 0.25) is 0 Å². The average molecular weight is 312 g/mol. The molecular formula is C9H9Br2FO. The SMILES string of the molecule is COc1c(Br)cccc1C(F)CBr. The molecule has 0 saturated carbocycles. The van der Waals surface area contributed by atoms with Crippen LogP contribution < -0.4 is 4.74 Å². The van der Waals surface area contributed by atoms with Crippen molar-refractivity contribution < 1.29 is 9.13 Å². The van der Waals surface area contributed by atoms with Crippen LogP contribution in [-0.2, 0) is 0 Å². The maximum atomic E-state index is 13.3. The van der Waals surface area contributed by atoms with Crippen LogP contribution in [0.1, 0.15) is 11.7 Å². The van der Waals surface area contributed by atoms with E-state index in [2.05, 4.69) is 31.9 Å². The smallest absolute Gasteiger partial charge is 0.139 e. The Morgan fingerprint density at radius 3 is 2.77 bits per heavy atom. The Balaban J connectivity index is 3.12. The van der Waals surface area contributed by atoms with Gasteiger partial charge in [-0.05, 0) is 22.0 Å². The number of benzene rings is 1. The molecule has 0 spiro atoms. The van der Waals surface area contributed by atoms with Gasteiger partial charge >= 0.3 is 0 Å². The molecule has 1 aromatic rings. The Labute approximate surface area is 93.5 Å². The van der Waals surface area contributed by atoms with Crippen molar-refractivity contribution in [1.82, 2.24) is 0 Å². The summed E-state index contributed by atoms with van der Waals surface area (Å²) in [6.07, 6.45) is -1.03. The number of methoxy groups -OCH3 is 1. The quantitative estimate of drug-likeness (QED) is 0.770. The minimum Gasteiger partial charge on any atom is -0.495 e. The number of hydrogen-bond donors (Lipinski definition) is 0. The minimum absolute atomic E-state index is 0.278. The van der Waals surface area contributed by atoms with E-state index in [-0.39, 0.29) is 5.33 Å². The highest BCUT2D eigenvalue weighted by Gasteiger charge is 2.15. The van der Waals surface area contributed by atoms with Gasteiger partial charge in [-0.25, -0.2) is 4.39 Å². The molecule has 1 nitrogen and oxygen atoms in total. The number of rotatable bonds is 3. The van der Waals surface area contributed by atoms with Crippen LogP contribution in [0.15, 0.2) is 22.7 Å². The number of alkyl halides is 2. The molecule has 13 heavy (non-hydrogen) atoms. The largest absolute Gasteiger partial charge is 0.495 e. The first-order valence-electron chi connectivity index (χ1n) is 3.73. The van der Waals surface area contributed by atoms with E-state index < -0.39 is 6.17 Å². The highest BCUT2D eigenvalue weighted by atomic mass is 79.9. The zero-order valence-corrected chi connectivity index (χ0v) is 10.2. The van der Waals surface area contributed by atoms with E-state index in [1.54, 1.807) is 12.1 Å². The molecule has 1 rings (SSSR count). The molecule has 0 saturated heterocycles. The summed E-state index contributed by atoms with van der Waals surface area (Å²) in [5.74, 6) is 0.564. The van der Waals surface area contributed by atoms with Crippen LogP contribution in [0.25, 0.3) is 0 Å². The van der Waals surface area contributed by atoms with Crippen molar-refractivity contribution in [3.63, 3.8) is 0 Å². The van der Waals surface area contributed by atoms with Gasteiger partial charge in [0, 0.05) is 10.9 Å². The van der Waals surface area contributed by atoms with Gasteiger partial charge in [0.1, 0.15) is 11.9 Å². The Kier molecular flexibility index (Phi) is 4.19. The third kappa shape index (κ3) is 2.44. The Hall–Kier alpha value is -0.0900. The van der Waals surface area contributed by atoms with E-state index in [0.717, 1.165) is 4.47 Å². The fraction of sp³-hybridized carbons (Fsp3) is 0.333. The highest BCUT2D eigenvalue weighted by molar-refractivity contribution is 9.10. The fourth-order valence-electron chi connectivity index (χ4n) is 1.07. The maximum Gasteiger partial charge on any atom is 0.139 e. The predicted octanol–water partition coefficient (Wildman–Crippen LogP) is 3.86. The number of ether oxygens (including phenoxy) is 1. The predicted molar refractivity (Wildman–Crippen MR) is 58.3 cm³/mol. The van der Waals surface area contributed by atoms with Crippen LogP contribution in [0.3, 0.4) is 0 Å². The number of para-hydroxylation sites is 1. The number of hydrogen-bond acceptors (Lipinski definition) is 1. The molecule has 1 atom stereocenters. The molecule has 0 aliphatic carbocycles. The summed E-state index contributed by atoms with van der Waals surface area (Å²) in [5, 5.41) is 0.278. The van der Waals surface area contributed by atoms with Gasteiger partial charge in [-0.15, -0.1) is 0 Å². The van der Waals surface area contributed by atoms with Gasteiger partial charge in [0.05, 0.1) is 11.6 Å². The molecule has 0 heterocycles. The zero-order valence-electron chi connectivity index (χ0n) is 7.06. The topological polar surface area (TPSA) is 9.23 Å². The first kappa shape index (κ1) is 11.0. The van der Waals surface area contributed by atoms with Crippen molar-refractivity contribution in [2.24, 2.45) is 0 Å². The first-order chi connectivity index (χ1) is 6.20. The summed E-state index contributed by atoms with van der Waals surface area (Å²) >= 11 is 6.39. The molecular weight excluding hydrogens is 303 g/mol. The van der Waals surface area contributed by atoms with Gasteiger partial charge in [0.15, 0.2) is 0 Å². The van der Waals surface area contributed by atoms with Crippen LogP contribution in [0.5, 0.6) is 5.75 Å². The summed E-state index contributed by atoms with van der Waals surface area (Å²) in [4.78, 5) is 0. The summed E-state index contributed by atoms with van der Waals surface area (Å²) in [5.41, 5.74) is 0.564. The van der Waals surface area contributed by atoms with Crippen molar-refractivity contribution in [2.45, 2.75) is 6.17 Å². The molecule has 0 amide bonds. The molecule has 0 aliphatic heterocycles. The van der Waals surface area contributed by atoms with Gasteiger partial charge in [-0.2, -0.15) is 0 Å². The van der Waals surface area contributed by atoms with Crippen molar-refractivity contribution in [3.05, 3.63) is 28.2 Å². The van der Waals surface area contributed by atoms with Crippen molar-refractivity contribution in [1.29, 1.82) is 0 Å². The third-order valence-electron chi connectivity index (χ3n) is 1.67. The van der Waals surface area contributed by atoms with E-state index >= 15 is 0 Å². The Morgan fingerprint density at radius 1 is 1.54 bits per heavy atom. The first-order valence-corrected chi connectivity index (χ1v) is 5.64. The maximum absolute atomic E-state index is 13.3. The van der Waals surface area contributed by atoms with E-state index in [4.69, 9.17) is 4.74 Å². The van der Waals surface area contributed by atoms with Crippen molar-refractivity contribution in [2.75, 3.05) is 12.4 Å². The Morgan fingerprint density at radius 2 is 2.23 bits per heavy atom. The van der Waals surface area contributed by atoms with Crippen LogP contribution >= 0.6 is 31.9 Å². The highest BCUT2D eigenvalue weighted by Crippen LogP contribution is 2.34. The lowest BCUT2D eigenvalue weighted by Crippen LogP contribution is -1.97. The average Bonchev–Trinajstić information content (AvgIpc) is 2.16. The standard InChI is InChI=1S/C9H9Br2FO/c1-13-9-6(8(12)5-10)3-2-4-7(9)11/h2-4,8H,5H2,1H3. The van der Waals surface area contributed by atoms with Gasteiger partial charge < -0.3 is 4.74 Å². The molecule has 0 aromatic heterocycles. The molecule has 0 aliphatic rings. The Bertz CT molecular complexity index is 291. The van der Waals surface area contributed by atoms with Crippen LogP contribution in [0.4, 0.5) is 4.39 Å². The summed E-state index contributed by atoms with van der Waals surface area (Å²) < 4.78 is 19.2. The summed E-state index contributed by atoms with van der Waals surface area (Å²) in [6.45, 7) is 0.